The van der Waals surface area contributed by atoms with Crippen LogP contribution in [-0.4, -0.2) is 59.4 Å². The summed E-state index contributed by atoms with van der Waals surface area (Å²) in [4.78, 5) is 17.2. The highest BCUT2D eigenvalue weighted by Crippen LogP contribution is 2.23. The van der Waals surface area contributed by atoms with Gasteiger partial charge in [0, 0.05) is 36.2 Å². The summed E-state index contributed by atoms with van der Waals surface area (Å²) < 4.78 is 0. The summed E-state index contributed by atoms with van der Waals surface area (Å²) in [7, 11) is 0. The van der Waals surface area contributed by atoms with Crippen molar-refractivity contribution in [3.63, 3.8) is 0 Å². The molecule has 0 bridgehead atoms. The number of likely N-dealkylation sites (tertiary alicyclic amines) is 1. The van der Waals surface area contributed by atoms with Crippen LogP contribution in [-0.2, 0) is 11.2 Å². The number of carbonyl (C=O) groups is 1. The lowest BCUT2D eigenvalue weighted by molar-refractivity contribution is -0.135. The standard InChI is InChI=1S/C17H23ClN2OS/c18-15-5-2-1-4-14(15)7-9-19-8-3-6-16(19)17(21)20-10-12-22-13-11-20/h1-2,4-5,16H,3,6-13H2. The number of rotatable bonds is 4. The Bertz CT molecular complexity index is 519. The molecular formula is C17H23ClN2OS. The van der Waals surface area contributed by atoms with Gasteiger partial charge in [0.05, 0.1) is 6.04 Å². The van der Waals surface area contributed by atoms with Crippen LogP contribution in [0, 0.1) is 0 Å². The number of carbonyl (C=O) groups excluding carboxylic acids is 1. The summed E-state index contributed by atoms with van der Waals surface area (Å²) in [6.45, 7) is 3.78. The first-order chi connectivity index (χ1) is 10.8. The third-order valence-corrected chi connectivity index (χ3v) is 5.91. The van der Waals surface area contributed by atoms with E-state index in [1.54, 1.807) is 0 Å². The van der Waals surface area contributed by atoms with E-state index < -0.39 is 0 Å². The predicted octanol–water partition coefficient (Wildman–Crippen LogP) is 2.92. The van der Waals surface area contributed by atoms with E-state index in [0.29, 0.717) is 5.91 Å². The van der Waals surface area contributed by atoms with Crippen molar-refractivity contribution in [1.82, 2.24) is 9.80 Å². The van der Waals surface area contributed by atoms with E-state index in [1.165, 1.54) is 5.56 Å². The molecule has 22 heavy (non-hydrogen) atoms. The van der Waals surface area contributed by atoms with Crippen LogP contribution in [0.25, 0.3) is 0 Å². The quantitative estimate of drug-likeness (QED) is 0.843. The number of nitrogens with zero attached hydrogens (tertiary/aromatic N) is 2. The summed E-state index contributed by atoms with van der Waals surface area (Å²) in [6.07, 6.45) is 3.05. The fourth-order valence-electron chi connectivity index (χ4n) is 3.33. The fourth-order valence-corrected chi connectivity index (χ4v) is 4.47. The summed E-state index contributed by atoms with van der Waals surface area (Å²) in [5, 5.41) is 0.831. The molecule has 2 saturated heterocycles. The van der Waals surface area contributed by atoms with Crippen LogP contribution in [0.5, 0.6) is 0 Å². The Morgan fingerprint density at radius 2 is 2.00 bits per heavy atom. The summed E-state index contributed by atoms with van der Waals surface area (Å²) >= 11 is 8.18. The summed E-state index contributed by atoms with van der Waals surface area (Å²) in [5.41, 5.74) is 1.18. The Morgan fingerprint density at radius 1 is 1.23 bits per heavy atom. The van der Waals surface area contributed by atoms with Crippen molar-refractivity contribution in [3.05, 3.63) is 34.9 Å². The molecule has 0 saturated carbocycles. The second-order valence-corrected chi connectivity index (χ2v) is 7.61. The van der Waals surface area contributed by atoms with Gasteiger partial charge in [0.1, 0.15) is 0 Å². The van der Waals surface area contributed by atoms with Crippen molar-refractivity contribution in [2.75, 3.05) is 37.7 Å². The minimum atomic E-state index is 0.0885. The van der Waals surface area contributed by atoms with Crippen molar-refractivity contribution < 1.29 is 4.79 Å². The van der Waals surface area contributed by atoms with E-state index in [-0.39, 0.29) is 6.04 Å². The number of halogens is 1. The average Bonchev–Trinajstić information content (AvgIpc) is 3.03. The molecule has 2 fully saturated rings. The molecule has 0 N–H and O–H groups in total. The zero-order valence-electron chi connectivity index (χ0n) is 12.8. The SMILES string of the molecule is O=C(C1CCCN1CCc1ccccc1Cl)N1CCSCC1. The maximum absolute atomic E-state index is 12.7. The second kappa shape index (κ2) is 7.71. The Labute approximate surface area is 142 Å². The summed E-state index contributed by atoms with van der Waals surface area (Å²) in [5.74, 6) is 2.51. The minimum absolute atomic E-state index is 0.0885. The van der Waals surface area contributed by atoms with Gasteiger partial charge in [0.2, 0.25) is 5.91 Å². The van der Waals surface area contributed by atoms with E-state index in [4.69, 9.17) is 11.6 Å². The van der Waals surface area contributed by atoms with E-state index in [0.717, 1.165) is 62.0 Å². The first-order valence-electron chi connectivity index (χ1n) is 8.10. The molecule has 0 aliphatic carbocycles. The molecule has 0 radical (unpaired) electrons. The predicted molar refractivity (Wildman–Crippen MR) is 93.7 cm³/mol. The molecule has 1 unspecified atom stereocenters. The average molecular weight is 339 g/mol. The van der Waals surface area contributed by atoms with Crippen LogP contribution in [0.15, 0.2) is 24.3 Å². The molecular weight excluding hydrogens is 316 g/mol. The van der Waals surface area contributed by atoms with Gasteiger partial charge in [-0.2, -0.15) is 11.8 Å². The van der Waals surface area contributed by atoms with Crippen LogP contribution in [0.3, 0.4) is 0 Å². The minimum Gasteiger partial charge on any atom is -0.340 e. The maximum atomic E-state index is 12.7. The lowest BCUT2D eigenvalue weighted by Gasteiger charge is -2.32. The molecule has 2 aliphatic rings. The van der Waals surface area contributed by atoms with E-state index >= 15 is 0 Å². The van der Waals surface area contributed by atoms with Crippen LogP contribution in [0.4, 0.5) is 0 Å². The molecule has 3 nitrogen and oxygen atoms in total. The highest BCUT2D eigenvalue weighted by Gasteiger charge is 2.33. The van der Waals surface area contributed by atoms with Gasteiger partial charge < -0.3 is 4.90 Å². The van der Waals surface area contributed by atoms with Gasteiger partial charge in [-0.25, -0.2) is 0 Å². The number of benzene rings is 1. The molecule has 1 aromatic carbocycles. The highest BCUT2D eigenvalue weighted by molar-refractivity contribution is 7.99. The first-order valence-corrected chi connectivity index (χ1v) is 9.63. The van der Waals surface area contributed by atoms with Gasteiger partial charge >= 0.3 is 0 Å². The van der Waals surface area contributed by atoms with Crippen LogP contribution >= 0.6 is 23.4 Å². The number of hydrogen-bond acceptors (Lipinski definition) is 3. The van der Waals surface area contributed by atoms with Gasteiger partial charge in [0.15, 0.2) is 0 Å². The Hall–Kier alpha value is -0.710. The van der Waals surface area contributed by atoms with Crippen molar-refractivity contribution in [2.45, 2.75) is 25.3 Å². The zero-order valence-corrected chi connectivity index (χ0v) is 14.4. The molecule has 120 valence electrons. The molecule has 5 heteroatoms. The monoisotopic (exact) mass is 338 g/mol. The molecule has 2 aliphatic heterocycles. The maximum Gasteiger partial charge on any atom is 0.239 e. The molecule has 1 aromatic rings. The normalized spacial score (nSPS) is 23.0. The third kappa shape index (κ3) is 3.79. The van der Waals surface area contributed by atoms with Gasteiger partial charge in [0.25, 0.3) is 0 Å². The lowest BCUT2D eigenvalue weighted by Crippen LogP contribution is -2.48. The smallest absolute Gasteiger partial charge is 0.239 e. The Morgan fingerprint density at radius 3 is 2.77 bits per heavy atom. The number of amides is 1. The molecule has 1 amide bonds. The molecule has 1 atom stereocenters. The van der Waals surface area contributed by atoms with Gasteiger partial charge in [-0.3, -0.25) is 9.69 Å². The van der Waals surface area contributed by atoms with E-state index in [2.05, 4.69) is 15.9 Å². The van der Waals surface area contributed by atoms with Gasteiger partial charge in [-0.1, -0.05) is 29.8 Å². The molecule has 0 aromatic heterocycles. The first kappa shape index (κ1) is 16.2. The van der Waals surface area contributed by atoms with Crippen molar-refractivity contribution in [2.24, 2.45) is 0 Å². The summed E-state index contributed by atoms with van der Waals surface area (Å²) in [6, 6.07) is 8.10. The zero-order chi connectivity index (χ0) is 15.4. The van der Waals surface area contributed by atoms with Gasteiger partial charge in [-0.15, -0.1) is 0 Å². The van der Waals surface area contributed by atoms with Gasteiger partial charge in [-0.05, 0) is 37.4 Å². The van der Waals surface area contributed by atoms with Crippen LogP contribution in [0.2, 0.25) is 5.02 Å². The molecule has 0 spiro atoms. The largest absolute Gasteiger partial charge is 0.340 e. The molecule has 2 heterocycles. The Balaban J connectivity index is 1.58. The fraction of sp³-hybridized carbons (Fsp3) is 0.588. The lowest BCUT2D eigenvalue weighted by atomic mass is 10.1. The topological polar surface area (TPSA) is 23.6 Å². The van der Waals surface area contributed by atoms with E-state index in [1.807, 2.05) is 30.0 Å². The van der Waals surface area contributed by atoms with Crippen LogP contribution < -0.4 is 0 Å². The van der Waals surface area contributed by atoms with Crippen molar-refractivity contribution in [1.29, 1.82) is 0 Å². The number of thioether (sulfide) groups is 1. The van der Waals surface area contributed by atoms with Crippen LogP contribution in [0.1, 0.15) is 18.4 Å². The second-order valence-electron chi connectivity index (χ2n) is 5.97. The third-order valence-electron chi connectivity index (χ3n) is 4.60. The number of hydrogen-bond donors (Lipinski definition) is 0. The molecule has 3 rings (SSSR count). The highest BCUT2D eigenvalue weighted by atomic mass is 35.5. The van der Waals surface area contributed by atoms with Crippen molar-refractivity contribution >= 4 is 29.3 Å². The van der Waals surface area contributed by atoms with Crippen molar-refractivity contribution in [3.8, 4) is 0 Å². The Kier molecular flexibility index (Phi) is 5.66. The van der Waals surface area contributed by atoms with E-state index in [9.17, 15) is 4.79 Å².